The molecule has 1 aliphatic rings. The second kappa shape index (κ2) is 3.34. The number of nitrogens with one attached hydrogen (secondary N) is 1. The molecular weight excluding hydrogens is 210 g/mol. The third-order valence-electron chi connectivity index (χ3n) is 2.52. The molecule has 0 spiro atoms. The Morgan fingerprint density at radius 1 is 1.53 bits per heavy atom. The standard InChI is InChI=1S/C10H11N3OS/c1-14-7-4-5-15-8(7)10-11-9(12-13-10)6-2-3-6/h4-6H,2-3H2,1H3,(H,11,12,13). The predicted octanol–water partition coefficient (Wildman–Crippen LogP) is 2.42. The van der Waals surface area contributed by atoms with Crippen LogP contribution in [0.4, 0.5) is 0 Å². The quantitative estimate of drug-likeness (QED) is 0.866. The Bertz CT molecular complexity index is 472. The van der Waals surface area contributed by atoms with E-state index >= 15 is 0 Å². The Labute approximate surface area is 91.3 Å². The van der Waals surface area contributed by atoms with Gasteiger partial charge in [-0.15, -0.1) is 11.3 Å². The summed E-state index contributed by atoms with van der Waals surface area (Å²) < 4.78 is 5.24. The van der Waals surface area contributed by atoms with E-state index in [9.17, 15) is 0 Å². The monoisotopic (exact) mass is 221 g/mol. The van der Waals surface area contributed by atoms with Crippen molar-refractivity contribution >= 4 is 11.3 Å². The number of hydrogen-bond donors (Lipinski definition) is 1. The van der Waals surface area contributed by atoms with Gasteiger partial charge in [0.15, 0.2) is 5.82 Å². The summed E-state index contributed by atoms with van der Waals surface area (Å²) in [5, 5.41) is 9.21. The van der Waals surface area contributed by atoms with Crippen LogP contribution in [-0.2, 0) is 0 Å². The number of methoxy groups -OCH3 is 1. The molecule has 0 saturated heterocycles. The topological polar surface area (TPSA) is 50.8 Å². The Kier molecular flexibility index (Phi) is 1.98. The Morgan fingerprint density at radius 3 is 3.13 bits per heavy atom. The molecule has 78 valence electrons. The van der Waals surface area contributed by atoms with Gasteiger partial charge in [-0.05, 0) is 24.3 Å². The number of thiophene rings is 1. The molecule has 0 amide bonds. The zero-order chi connectivity index (χ0) is 10.3. The van der Waals surface area contributed by atoms with Gasteiger partial charge in [0.2, 0.25) is 0 Å². The van der Waals surface area contributed by atoms with Crippen LogP contribution in [0.3, 0.4) is 0 Å². The van der Waals surface area contributed by atoms with Crippen molar-refractivity contribution < 1.29 is 4.74 Å². The lowest BCUT2D eigenvalue weighted by atomic mass is 10.4. The first kappa shape index (κ1) is 8.91. The maximum atomic E-state index is 5.24. The van der Waals surface area contributed by atoms with Crippen molar-refractivity contribution in [3.63, 3.8) is 0 Å². The van der Waals surface area contributed by atoms with E-state index in [1.54, 1.807) is 18.4 Å². The molecule has 1 fully saturated rings. The van der Waals surface area contributed by atoms with E-state index < -0.39 is 0 Å². The van der Waals surface area contributed by atoms with Crippen molar-refractivity contribution in [3.05, 3.63) is 17.3 Å². The molecule has 2 aromatic rings. The molecule has 2 heterocycles. The summed E-state index contributed by atoms with van der Waals surface area (Å²) in [4.78, 5) is 5.49. The number of nitrogens with zero attached hydrogens (tertiary/aromatic N) is 2. The van der Waals surface area contributed by atoms with Gasteiger partial charge in [-0.2, -0.15) is 5.10 Å². The summed E-state index contributed by atoms with van der Waals surface area (Å²) in [6.07, 6.45) is 2.46. The second-order valence-electron chi connectivity index (χ2n) is 3.64. The van der Waals surface area contributed by atoms with Crippen LogP contribution in [0.1, 0.15) is 24.6 Å². The number of hydrogen-bond acceptors (Lipinski definition) is 4. The fourth-order valence-corrected chi connectivity index (χ4v) is 2.33. The highest BCUT2D eigenvalue weighted by atomic mass is 32.1. The lowest BCUT2D eigenvalue weighted by Gasteiger charge is -1.96. The fraction of sp³-hybridized carbons (Fsp3) is 0.400. The van der Waals surface area contributed by atoms with Crippen molar-refractivity contribution in [1.82, 2.24) is 15.2 Å². The summed E-state index contributed by atoms with van der Waals surface area (Å²) in [7, 11) is 1.67. The lowest BCUT2D eigenvalue weighted by molar-refractivity contribution is 0.418. The molecule has 2 aromatic heterocycles. The zero-order valence-corrected chi connectivity index (χ0v) is 9.17. The van der Waals surface area contributed by atoms with Gasteiger partial charge in [0, 0.05) is 5.92 Å². The first-order valence-corrected chi connectivity index (χ1v) is 5.80. The maximum Gasteiger partial charge on any atom is 0.195 e. The van der Waals surface area contributed by atoms with E-state index in [0.717, 1.165) is 22.3 Å². The molecule has 0 radical (unpaired) electrons. The number of aromatic nitrogens is 3. The van der Waals surface area contributed by atoms with Crippen LogP contribution in [-0.4, -0.2) is 22.3 Å². The summed E-state index contributed by atoms with van der Waals surface area (Å²) in [6, 6.07) is 1.94. The first-order valence-electron chi connectivity index (χ1n) is 4.92. The van der Waals surface area contributed by atoms with Crippen molar-refractivity contribution in [2.24, 2.45) is 0 Å². The highest BCUT2D eigenvalue weighted by Gasteiger charge is 2.27. The van der Waals surface area contributed by atoms with Crippen molar-refractivity contribution in [1.29, 1.82) is 0 Å². The molecule has 3 rings (SSSR count). The highest BCUT2D eigenvalue weighted by Crippen LogP contribution is 2.39. The molecule has 0 aliphatic heterocycles. The van der Waals surface area contributed by atoms with Crippen LogP contribution in [0, 0.1) is 0 Å². The SMILES string of the molecule is COc1ccsc1-c1n[nH]c(C2CC2)n1. The minimum atomic E-state index is 0.609. The third-order valence-corrected chi connectivity index (χ3v) is 3.41. The average molecular weight is 221 g/mol. The van der Waals surface area contributed by atoms with Crippen LogP contribution in [0.25, 0.3) is 10.7 Å². The smallest absolute Gasteiger partial charge is 0.195 e. The summed E-state index contributed by atoms with van der Waals surface area (Å²) >= 11 is 1.60. The van der Waals surface area contributed by atoms with Gasteiger partial charge in [0.1, 0.15) is 16.5 Å². The van der Waals surface area contributed by atoms with E-state index in [1.807, 2.05) is 11.4 Å². The van der Waals surface area contributed by atoms with Crippen molar-refractivity contribution in [2.75, 3.05) is 7.11 Å². The molecular formula is C10H11N3OS. The molecule has 1 aliphatic carbocycles. The molecule has 0 bridgehead atoms. The number of ether oxygens (including phenoxy) is 1. The molecule has 4 nitrogen and oxygen atoms in total. The number of H-pyrrole nitrogens is 1. The lowest BCUT2D eigenvalue weighted by Crippen LogP contribution is -1.84. The van der Waals surface area contributed by atoms with Gasteiger partial charge in [-0.3, -0.25) is 5.10 Å². The van der Waals surface area contributed by atoms with Crippen molar-refractivity contribution in [3.8, 4) is 16.5 Å². The molecule has 1 N–H and O–H groups in total. The number of aromatic amines is 1. The normalized spacial score (nSPS) is 15.5. The van der Waals surface area contributed by atoms with Crippen LogP contribution < -0.4 is 4.74 Å². The van der Waals surface area contributed by atoms with Crippen LogP contribution in [0.2, 0.25) is 0 Å². The third kappa shape index (κ3) is 1.52. The maximum absolute atomic E-state index is 5.24. The highest BCUT2D eigenvalue weighted by molar-refractivity contribution is 7.13. The summed E-state index contributed by atoms with van der Waals surface area (Å²) in [5.41, 5.74) is 0. The van der Waals surface area contributed by atoms with Crippen LogP contribution >= 0.6 is 11.3 Å². The largest absolute Gasteiger partial charge is 0.495 e. The van der Waals surface area contributed by atoms with Gasteiger partial charge in [-0.1, -0.05) is 0 Å². The molecule has 5 heteroatoms. The van der Waals surface area contributed by atoms with E-state index in [2.05, 4.69) is 15.2 Å². The Hall–Kier alpha value is -1.36. The molecule has 0 atom stereocenters. The molecule has 0 unspecified atom stereocenters. The molecule has 15 heavy (non-hydrogen) atoms. The fourth-order valence-electron chi connectivity index (χ4n) is 1.54. The van der Waals surface area contributed by atoms with Crippen molar-refractivity contribution in [2.45, 2.75) is 18.8 Å². The minimum Gasteiger partial charge on any atom is -0.495 e. The zero-order valence-electron chi connectivity index (χ0n) is 8.36. The van der Waals surface area contributed by atoms with Gasteiger partial charge in [-0.25, -0.2) is 4.98 Å². The average Bonchev–Trinajstić information content (AvgIpc) is 2.83. The first-order chi connectivity index (χ1) is 7.38. The van der Waals surface area contributed by atoms with E-state index in [0.29, 0.717) is 5.92 Å². The summed E-state index contributed by atoms with van der Waals surface area (Å²) in [6.45, 7) is 0. The Balaban J connectivity index is 1.97. The molecule has 0 aromatic carbocycles. The molecule has 1 saturated carbocycles. The van der Waals surface area contributed by atoms with E-state index in [-0.39, 0.29) is 0 Å². The number of rotatable bonds is 3. The van der Waals surface area contributed by atoms with Crippen LogP contribution in [0.5, 0.6) is 5.75 Å². The second-order valence-corrected chi connectivity index (χ2v) is 4.55. The Morgan fingerprint density at radius 2 is 2.40 bits per heavy atom. The van der Waals surface area contributed by atoms with Gasteiger partial charge < -0.3 is 4.74 Å². The van der Waals surface area contributed by atoms with Gasteiger partial charge >= 0.3 is 0 Å². The van der Waals surface area contributed by atoms with E-state index in [4.69, 9.17) is 4.74 Å². The minimum absolute atomic E-state index is 0.609. The van der Waals surface area contributed by atoms with Gasteiger partial charge in [0.05, 0.1) is 7.11 Å². The summed E-state index contributed by atoms with van der Waals surface area (Å²) in [5.74, 6) is 3.22. The van der Waals surface area contributed by atoms with Gasteiger partial charge in [0.25, 0.3) is 0 Å². The van der Waals surface area contributed by atoms with Crippen LogP contribution in [0.15, 0.2) is 11.4 Å². The predicted molar refractivity (Wildman–Crippen MR) is 58.2 cm³/mol. The van der Waals surface area contributed by atoms with E-state index in [1.165, 1.54) is 12.8 Å².